The van der Waals surface area contributed by atoms with Crippen molar-refractivity contribution in [2.75, 3.05) is 59.6 Å². The molecule has 18 heavy (non-hydrogen) atoms. The third-order valence-corrected chi connectivity index (χ3v) is 4.81. The molecule has 0 saturated carbocycles. The Labute approximate surface area is 117 Å². The minimum absolute atomic E-state index is 0.336. The number of rotatable bonds is 10. The van der Waals surface area contributed by atoms with Crippen molar-refractivity contribution in [1.29, 1.82) is 0 Å². The van der Waals surface area contributed by atoms with Crippen LogP contribution >= 0.6 is 11.6 Å². The summed E-state index contributed by atoms with van der Waals surface area (Å²) in [7, 11) is 4.62. The van der Waals surface area contributed by atoms with E-state index in [1.165, 1.54) is 4.31 Å². The monoisotopic (exact) mass is 299 g/mol. The molecule has 0 aromatic carbocycles. The predicted molar refractivity (Wildman–Crippen MR) is 77.6 cm³/mol. The molecule has 0 aromatic heterocycles. The van der Waals surface area contributed by atoms with Crippen molar-refractivity contribution >= 4 is 21.6 Å². The van der Waals surface area contributed by atoms with E-state index in [4.69, 9.17) is 11.6 Å². The second-order valence-corrected chi connectivity index (χ2v) is 7.49. The smallest absolute Gasteiger partial charge is 0.228 e. The molecule has 0 fully saturated rings. The Morgan fingerprint density at radius 3 is 1.50 bits per heavy atom. The van der Waals surface area contributed by atoms with Gasteiger partial charge in [-0.05, 0) is 54.1 Å². The van der Waals surface area contributed by atoms with Crippen LogP contribution in [0.1, 0.15) is 12.8 Å². The molecule has 0 spiro atoms. The first kappa shape index (κ1) is 18.1. The standard InChI is InChI=1S/C11H26ClN3O2S/c1-13(2)7-5-9-15(18(16,17)11-12)10-6-8-14(3)4/h5-11H2,1-4H3. The number of halogens is 1. The van der Waals surface area contributed by atoms with E-state index in [0.717, 1.165) is 25.9 Å². The van der Waals surface area contributed by atoms with Gasteiger partial charge in [-0.15, -0.1) is 11.6 Å². The molecular formula is C11H26ClN3O2S. The summed E-state index contributed by atoms with van der Waals surface area (Å²) in [5.41, 5.74) is 0. The first-order valence-electron chi connectivity index (χ1n) is 6.13. The van der Waals surface area contributed by atoms with Gasteiger partial charge >= 0.3 is 0 Å². The molecule has 0 aliphatic rings. The fourth-order valence-electron chi connectivity index (χ4n) is 1.59. The van der Waals surface area contributed by atoms with Crippen LogP contribution in [0.4, 0.5) is 0 Å². The maximum Gasteiger partial charge on any atom is 0.228 e. The van der Waals surface area contributed by atoms with E-state index >= 15 is 0 Å². The molecule has 0 atom stereocenters. The lowest BCUT2D eigenvalue weighted by molar-refractivity contribution is 0.327. The lowest BCUT2D eigenvalue weighted by atomic mass is 10.3. The Kier molecular flexibility index (Phi) is 9.15. The molecule has 0 N–H and O–H groups in total. The predicted octanol–water partition coefficient (Wildman–Crippen LogP) is 0.718. The summed E-state index contributed by atoms with van der Waals surface area (Å²) in [4.78, 5) is 4.09. The molecule has 0 saturated heterocycles. The summed E-state index contributed by atoms with van der Waals surface area (Å²) in [6.45, 7) is 2.84. The number of hydrogen-bond donors (Lipinski definition) is 0. The van der Waals surface area contributed by atoms with Gasteiger partial charge in [0.1, 0.15) is 5.21 Å². The van der Waals surface area contributed by atoms with Crippen LogP contribution in [0.3, 0.4) is 0 Å². The summed E-state index contributed by atoms with van der Waals surface area (Å²) < 4.78 is 25.1. The zero-order chi connectivity index (χ0) is 14.2. The molecule has 7 heteroatoms. The summed E-state index contributed by atoms with van der Waals surface area (Å²) in [6, 6.07) is 0. The molecule has 0 unspecified atom stereocenters. The quantitative estimate of drug-likeness (QED) is 0.558. The van der Waals surface area contributed by atoms with E-state index in [-0.39, 0.29) is 5.21 Å². The molecule has 0 aliphatic carbocycles. The van der Waals surface area contributed by atoms with E-state index in [9.17, 15) is 8.42 Å². The second-order valence-electron chi connectivity index (χ2n) is 4.93. The number of nitrogens with zero attached hydrogens (tertiary/aromatic N) is 3. The van der Waals surface area contributed by atoms with Crippen molar-refractivity contribution in [3.8, 4) is 0 Å². The van der Waals surface area contributed by atoms with Gasteiger partial charge < -0.3 is 9.80 Å². The summed E-state index contributed by atoms with van der Waals surface area (Å²) >= 11 is 5.52. The molecular weight excluding hydrogens is 274 g/mol. The Balaban J connectivity index is 4.26. The lowest BCUT2D eigenvalue weighted by Crippen LogP contribution is -2.36. The Hall–Kier alpha value is 0.120. The van der Waals surface area contributed by atoms with E-state index in [2.05, 4.69) is 0 Å². The Morgan fingerprint density at radius 1 is 0.833 bits per heavy atom. The van der Waals surface area contributed by atoms with Gasteiger partial charge in [0.05, 0.1) is 0 Å². The van der Waals surface area contributed by atoms with Crippen molar-refractivity contribution in [1.82, 2.24) is 14.1 Å². The Bertz CT molecular complexity index is 293. The fourth-order valence-corrected chi connectivity index (χ4v) is 2.95. The summed E-state index contributed by atoms with van der Waals surface area (Å²) in [5, 5.41) is -0.336. The van der Waals surface area contributed by atoms with Crippen molar-refractivity contribution in [3.05, 3.63) is 0 Å². The molecule has 0 radical (unpaired) electrons. The lowest BCUT2D eigenvalue weighted by Gasteiger charge is -2.22. The highest BCUT2D eigenvalue weighted by molar-refractivity contribution is 7.90. The van der Waals surface area contributed by atoms with E-state index in [1.54, 1.807) is 0 Å². The van der Waals surface area contributed by atoms with Gasteiger partial charge in [-0.1, -0.05) is 0 Å². The summed E-state index contributed by atoms with van der Waals surface area (Å²) in [6.07, 6.45) is 1.65. The minimum Gasteiger partial charge on any atom is -0.309 e. The molecule has 0 heterocycles. The van der Waals surface area contributed by atoms with Crippen molar-refractivity contribution in [3.63, 3.8) is 0 Å². The first-order chi connectivity index (χ1) is 8.29. The number of hydrogen-bond acceptors (Lipinski definition) is 4. The zero-order valence-electron chi connectivity index (χ0n) is 11.9. The van der Waals surface area contributed by atoms with Crippen LogP contribution in [0.2, 0.25) is 0 Å². The Morgan fingerprint density at radius 2 is 1.22 bits per heavy atom. The van der Waals surface area contributed by atoms with Gasteiger partial charge in [0.15, 0.2) is 0 Å². The first-order valence-corrected chi connectivity index (χ1v) is 8.27. The van der Waals surface area contributed by atoms with Crippen LogP contribution in [-0.2, 0) is 10.0 Å². The largest absolute Gasteiger partial charge is 0.309 e. The van der Waals surface area contributed by atoms with Gasteiger partial charge in [-0.2, -0.15) is 0 Å². The average molecular weight is 300 g/mol. The van der Waals surface area contributed by atoms with Gasteiger partial charge in [0.25, 0.3) is 0 Å². The molecule has 0 aromatic rings. The topological polar surface area (TPSA) is 43.9 Å². The van der Waals surface area contributed by atoms with Crippen LogP contribution < -0.4 is 0 Å². The van der Waals surface area contributed by atoms with Crippen molar-refractivity contribution in [2.24, 2.45) is 0 Å². The van der Waals surface area contributed by atoms with Gasteiger partial charge in [-0.3, -0.25) is 0 Å². The van der Waals surface area contributed by atoms with Crippen molar-refractivity contribution < 1.29 is 8.42 Å². The van der Waals surface area contributed by atoms with E-state index < -0.39 is 10.0 Å². The van der Waals surface area contributed by atoms with Crippen LogP contribution in [0.5, 0.6) is 0 Å². The van der Waals surface area contributed by atoms with E-state index in [0.29, 0.717) is 13.1 Å². The SMILES string of the molecule is CN(C)CCCN(CCCN(C)C)S(=O)(=O)CCl. The van der Waals surface area contributed by atoms with Crippen LogP contribution in [0, 0.1) is 0 Å². The van der Waals surface area contributed by atoms with Crippen LogP contribution in [-0.4, -0.2) is 82.1 Å². The van der Waals surface area contributed by atoms with Gasteiger partial charge in [-0.25, -0.2) is 12.7 Å². The fraction of sp³-hybridized carbons (Fsp3) is 1.00. The zero-order valence-corrected chi connectivity index (χ0v) is 13.5. The highest BCUT2D eigenvalue weighted by atomic mass is 35.5. The average Bonchev–Trinajstić information content (AvgIpc) is 2.26. The highest BCUT2D eigenvalue weighted by Crippen LogP contribution is 2.06. The minimum atomic E-state index is -3.29. The molecule has 0 rings (SSSR count). The van der Waals surface area contributed by atoms with Gasteiger partial charge in [0.2, 0.25) is 10.0 Å². The maximum atomic E-state index is 11.8. The van der Waals surface area contributed by atoms with E-state index in [1.807, 2.05) is 38.0 Å². The molecule has 0 aliphatic heterocycles. The van der Waals surface area contributed by atoms with Crippen LogP contribution in [0.25, 0.3) is 0 Å². The molecule has 0 bridgehead atoms. The van der Waals surface area contributed by atoms with Crippen molar-refractivity contribution in [2.45, 2.75) is 12.8 Å². The third kappa shape index (κ3) is 8.26. The van der Waals surface area contributed by atoms with Gasteiger partial charge in [0, 0.05) is 13.1 Å². The normalized spacial score (nSPS) is 12.9. The highest BCUT2D eigenvalue weighted by Gasteiger charge is 2.19. The van der Waals surface area contributed by atoms with Crippen LogP contribution in [0.15, 0.2) is 0 Å². The maximum absolute atomic E-state index is 11.8. The molecule has 5 nitrogen and oxygen atoms in total. The number of sulfonamides is 1. The molecule has 110 valence electrons. The summed E-state index contributed by atoms with van der Waals surface area (Å²) in [5.74, 6) is 0. The molecule has 0 amide bonds. The number of alkyl halides is 1. The second kappa shape index (κ2) is 9.09. The third-order valence-electron chi connectivity index (χ3n) is 2.56.